The maximum atomic E-state index is 12.4. The average Bonchev–Trinajstić information content (AvgIpc) is 3.13. The topological polar surface area (TPSA) is 66.0 Å². The van der Waals surface area contributed by atoms with E-state index < -0.39 is 5.63 Å². The first-order chi connectivity index (χ1) is 12.7. The van der Waals surface area contributed by atoms with Crippen LogP contribution >= 0.6 is 0 Å². The van der Waals surface area contributed by atoms with Crippen molar-refractivity contribution in [2.24, 2.45) is 0 Å². The molecule has 130 valence electrons. The van der Waals surface area contributed by atoms with E-state index in [1.807, 2.05) is 48.5 Å². The monoisotopic (exact) mass is 348 g/mol. The van der Waals surface area contributed by atoms with Gasteiger partial charge in [0.25, 0.3) is 0 Å². The molecule has 0 amide bonds. The van der Waals surface area contributed by atoms with Gasteiger partial charge in [-0.2, -0.15) is 5.10 Å². The van der Waals surface area contributed by atoms with Crippen LogP contribution in [0.4, 0.5) is 0 Å². The van der Waals surface area contributed by atoms with Gasteiger partial charge in [0.15, 0.2) is 11.3 Å². The maximum Gasteiger partial charge on any atom is 0.362 e. The number of ether oxygens (including phenoxy) is 2. The molecule has 0 bridgehead atoms. The van der Waals surface area contributed by atoms with Gasteiger partial charge in [-0.3, -0.25) is 0 Å². The van der Waals surface area contributed by atoms with Crippen LogP contribution in [0.15, 0.2) is 70.0 Å². The van der Waals surface area contributed by atoms with Gasteiger partial charge in [-0.05, 0) is 54.6 Å². The molecule has 0 radical (unpaired) electrons. The van der Waals surface area contributed by atoms with Gasteiger partial charge in [0.1, 0.15) is 11.5 Å². The van der Waals surface area contributed by atoms with E-state index in [-0.39, 0.29) is 0 Å². The van der Waals surface area contributed by atoms with E-state index in [0.29, 0.717) is 17.0 Å². The van der Waals surface area contributed by atoms with Crippen molar-refractivity contribution in [2.75, 3.05) is 14.2 Å². The van der Waals surface area contributed by atoms with Crippen molar-refractivity contribution in [1.82, 2.24) is 9.61 Å². The number of hydrogen-bond acceptors (Lipinski definition) is 5. The quantitative estimate of drug-likeness (QED) is 0.563. The Labute approximate surface area is 149 Å². The Morgan fingerprint density at radius 1 is 0.885 bits per heavy atom. The number of nitrogens with zero attached hydrogens (tertiary/aromatic N) is 2. The van der Waals surface area contributed by atoms with Crippen molar-refractivity contribution < 1.29 is 13.9 Å². The van der Waals surface area contributed by atoms with Gasteiger partial charge in [0.2, 0.25) is 0 Å². The first-order valence-electron chi connectivity index (χ1n) is 8.00. The number of methoxy groups -OCH3 is 2. The second-order valence-corrected chi connectivity index (χ2v) is 5.70. The summed E-state index contributed by atoms with van der Waals surface area (Å²) in [5, 5.41) is 4.51. The molecule has 0 atom stereocenters. The Kier molecular flexibility index (Phi) is 3.93. The SMILES string of the molecule is COc1ccc(-c2cc3c(=O)oc(-c4ccc(OC)cc4)cn3n2)cc1. The van der Waals surface area contributed by atoms with Crippen molar-refractivity contribution in [1.29, 1.82) is 0 Å². The van der Waals surface area contributed by atoms with E-state index in [1.165, 1.54) is 0 Å². The molecular weight excluding hydrogens is 332 g/mol. The van der Waals surface area contributed by atoms with Crippen molar-refractivity contribution >= 4 is 5.52 Å². The molecule has 2 aromatic heterocycles. The highest BCUT2D eigenvalue weighted by Crippen LogP contribution is 2.24. The zero-order chi connectivity index (χ0) is 18.1. The van der Waals surface area contributed by atoms with Crippen LogP contribution in [0.1, 0.15) is 0 Å². The summed E-state index contributed by atoms with van der Waals surface area (Å²) >= 11 is 0. The van der Waals surface area contributed by atoms with Gasteiger partial charge >= 0.3 is 5.63 Å². The number of aromatic nitrogens is 2. The Hall–Kier alpha value is -3.54. The average molecular weight is 348 g/mol. The summed E-state index contributed by atoms with van der Waals surface area (Å²) < 4.78 is 17.3. The Bertz CT molecular complexity index is 1110. The van der Waals surface area contributed by atoms with Crippen LogP contribution in [0, 0.1) is 0 Å². The summed E-state index contributed by atoms with van der Waals surface area (Å²) in [6, 6.07) is 16.5. The summed E-state index contributed by atoms with van der Waals surface area (Å²) in [5.74, 6) is 1.94. The lowest BCUT2D eigenvalue weighted by atomic mass is 10.1. The molecule has 4 aromatic rings. The fraction of sp³-hybridized carbons (Fsp3) is 0.100. The lowest BCUT2D eigenvalue weighted by molar-refractivity contribution is 0.414. The van der Waals surface area contributed by atoms with Crippen LogP contribution < -0.4 is 15.1 Å². The first-order valence-corrected chi connectivity index (χ1v) is 8.00. The minimum absolute atomic E-state index is 0.382. The third-order valence-electron chi connectivity index (χ3n) is 4.15. The predicted octanol–water partition coefficient (Wildman–Crippen LogP) is 3.64. The van der Waals surface area contributed by atoms with Crippen molar-refractivity contribution in [3.8, 4) is 34.1 Å². The first kappa shape index (κ1) is 16.0. The molecule has 0 aliphatic rings. The summed E-state index contributed by atoms with van der Waals surface area (Å²) in [7, 11) is 3.22. The van der Waals surface area contributed by atoms with Crippen LogP contribution in [-0.4, -0.2) is 23.8 Å². The molecule has 0 saturated heterocycles. The van der Waals surface area contributed by atoms with Crippen molar-refractivity contribution in [3.05, 3.63) is 71.2 Å². The summed E-state index contributed by atoms with van der Waals surface area (Å²) in [6.45, 7) is 0. The van der Waals surface area contributed by atoms with Crippen LogP contribution in [0.25, 0.3) is 28.1 Å². The highest BCUT2D eigenvalue weighted by molar-refractivity contribution is 5.67. The zero-order valence-electron chi connectivity index (χ0n) is 14.3. The highest BCUT2D eigenvalue weighted by atomic mass is 16.5. The standard InChI is InChI=1S/C20H16N2O4/c1-24-15-7-3-13(4-8-15)17-11-18-20(23)26-19(12-22(18)21-17)14-5-9-16(25-2)10-6-14/h3-12H,1-2H3. The van der Waals surface area contributed by atoms with Crippen LogP contribution in [0.2, 0.25) is 0 Å². The van der Waals surface area contributed by atoms with E-state index in [2.05, 4.69) is 5.10 Å². The number of fused-ring (bicyclic) bond motifs is 1. The number of benzene rings is 2. The molecule has 0 unspecified atom stereocenters. The summed E-state index contributed by atoms with van der Waals surface area (Å²) in [5.41, 5.74) is 2.29. The van der Waals surface area contributed by atoms with Gasteiger partial charge in [-0.1, -0.05) is 0 Å². The molecule has 0 aliphatic carbocycles. The minimum atomic E-state index is -0.439. The smallest absolute Gasteiger partial charge is 0.362 e. The number of rotatable bonds is 4. The molecule has 6 nitrogen and oxygen atoms in total. The molecule has 0 fully saturated rings. The lowest BCUT2D eigenvalue weighted by Gasteiger charge is -2.03. The largest absolute Gasteiger partial charge is 0.497 e. The molecule has 0 aliphatic heterocycles. The third-order valence-corrected chi connectivity index (χ3v) is 4.15. The predicted molar refractivity (Wildman–Crippen MR) is 97.7 cm³/mol. The van der Waals surface area contributed by atoms with E-state index in [0.717, 1.165) is 22.6 Å². The molecule has 6 heteroatoms. The normalized spacial score (nSPS) is 10.8. The van der Waals surface area contributed by atoms with E-state index in [4.69, 9.17) is 13.9 Å². The Morgan fingerprint density at radius 2 is 1.46 bits per heavy atom. The van der Waals surface area contributed by atoms with Gasteiger partial charge in [-0.25, -0.2) is 9.31 Å². The lowest BCUT2D eigenvalue weighted by Crippen LogP contribution is -2.04. The number of hydrogen-bond donors (Lipinski definition) is 0. The van der Waals surface area contributed by atoms with Gasteiger partial charge in [-0.15, -0.1) is 0 Å². The fourth-order valence-electron chi connectivity index (χ4n) is 2.73. The molecular formula is C20H16N2O4. The van der Waals surface area contributed by atoms with Gasteiger partial charge in [0.05, 0.1) is 26.1 Å². The van der Waals surface area contributed by atoms with E-state index in [9.17, 15) is 4.79 Å². The molecule has 2 heterocycles. The molecule has 2 aromatic carbocycles. The molecule has 0 spiro atoms. The Balaban J connectivity index is 1.77. The van der Waals surface area contributed by atoms with Crippen molar-refractivity contribution in [2.45, 2.75) is 0 Å². The maximum absolute atomic E-state index is 12.4. The van der Waals surface area contributed by atoms with Gasteiger partial charge in [0, 0.05) is 11.1 Å². The second-order valence-electron chi connectivity index (χ2n) is 5.70. The minimum Gasteiger partial charge on any atom is -0.497 e. The molecule has 0 saturated carbocycles. The molecule has 4 rings (SSSR count). The highest BCUT2D eigenvalue weighted by Gasteiger charge is 2.12. The van der Waals surface area contributed by atoms with Gasteiger partial charge < -0.3 is 13.9 Å². The van der Waals surface area contributed by atoms with Crippen LogP contribution in [-0.2, 0) is 0 Å². The Morgan fingerprint density at radius 3 is 2.04 bits per heavy atom. The third kappa shape index (κ3) is 2.82. The van der Waals surface area contributed by atoms with Crippen molar-refractivity contribution in [3.63, 3.8) is 0 Å². The van der Waals surface area contributed by atoms with Crippen LogP contribution in [0.3, 0.4) is 0 Å². The fourth-order valence-corrected chi connectivity index (χ4v) is 2.73. The van der Waals surface area contributed by atoms with E-state index >= 15 is 0 Å². The van der Waals surface area contributed by atoms with E-state index in [1.54, 1.807) is 31.0 Å². The second kappa shape index (κ2) is 6.40. The summed E-state index contributed by atoms with van der Waals surface area (Å²) in [6.07, 6.45) is 1.70. The molecule has 26 heavy (non-hydrogen) atoms. The summed E-state index contributed by atoms with van der Waals surface area (Å²) in [4.78, 5) is 12.4. The zero-order valence-corrected chi connectivity index (χ0v) is 14.3. The molecule has 0 N–H and O–H groups in total. The van der Waals surface area contributed by atoms with Crippen LogP contribution in [0.5, 0.6) is 11.5 Å².